The highest BCUT2D eigenvalue weighted by molar-refractivity contribution is 5.85. The van der Waals surface area contributed by atoms with Gasteiger partial charge in [0, 0.05) is 12.1 Å². The van der Waals surface area contributed by atoms with E-state index in [0.29, 0.717) is 17.0 Å². The fraction of sp³-hybridized carbons (Fsp3) is 0.381. The molecule has 0 saturated carbocycles. The Hall–Kier alpha value is -2.95. The van der Waals surface area contributed by atoms with Gasteiger partial charge in [-0.2, -0.15) is 9.78 Å². The van der Waals surface area contributed by atoms with E-state index in [1.165, 1.54) is 0 Å². The van der Waals surface area contributed by atoms with Crippen molar-refractivity contribution in [2.24, 2.45) is 0 Å². The lowest BCUT2D eigenvalue weighted by molar-refractivity contribution is 0.271. The third kappa shape index (κ3) is 2.82. The molecule has 3 heterocycles. The van der Waals surface area contributed by atoms with Crippen molar-refractivity contribution in [2.75, 3.05) is 25.5 Å². The van der Waals surface area contributed by atoms with Crippen LogP contribution in [0.25, 0.3) is 16.8 Å². The van der Waals surface area contributed by atoms with E-state index in [-0.39, 0.29) is 12.8 Å². The molecule has 144 valence electrons. The Bertz CT molecular complexity index is 1050. The molecule has 1 fully saturated rings. The summed E-state index contributed by atoms with van der Waals surface area (Å²) in [6.45, 7) is 2.61. The summed E-state index contributed by atoms with van der Waals surface area (Å²) in [4.78, 5) is 9.00. The lowest BCUT2D eigenvalue weighted by Crippen LogP contribution is -2.41. The summed E-state index contributed by atoms with van der Waals surface area (Å²) in [5.41, 5.74) is 3.92. The van der Waals surface area contributed by atoms with Gasteiger partial charge in [-0.15, -0.1) is 5.10 Å². The quantitative estimate of drug-likeness (QED) is 0.754. The van der Waals surface area contributed by atoms with Crippen molar-refractivity contribution < 1.29 is 5.11 Å². The average molecular weight is 376 g/mol. The first-order valence-electron chi connectivity index (χ1n) is 9.48. The molecule has 1 atom stereocenters. The predicted molar refractivity (Wildman–Crippen MR) is 108 cm³/mol. The topological polar surface area (TPSA) is 80.7 Å². The molecule has 4 rings (SSSR count). The number of aromatic nitrogens is 3. The van der Waals surface area contributed by atoms with Crippen molar-refractivity contribution in [1.82, 2.24) is 19.5 Å². The Balaban J connectivity index is 2.11. The Morgan fingerprint density at radius 2 is 2.04 bits per heavy atom. The first-order chi connectivity index (χ1) is 13.6. The van der Waals surface area contributed by atoms with Crippen molar-refractivity contribution in [2.45, 2.75) is 32.5 Å². The second-order valence-electron chi connectivity index (χ2n) is 7.38. The summed E-state index contributed by atoms with van der Waals surface area (Å²) in [6.07, 6.45) is 2.38. The molecule has 0 aliphatic carbocycles. The number of benzene rings is 1. The first kappa shape index (κ1) is 18.4. The normalized spacial score (nSPS) is 16.9. The van der Waals surface area contributed by atoms with Gasteiger partial charge in [0.15, 0.2) is 11.5 Å². The van der Waals surface area contributed by atoms with Crippen molar-refractivity contribution in [1.29, 1.82) is 5.26 Å². The lowest BCUT2D eigenvalue weighted by atomic mass is 9.97. The van der Waals surface area contributed by atoms with E-state index < -0.39 is 0 Å². The molecule has 0 spiro atoms. The fourth-order valence-electron chi connectivity index (χ4n) is 4.18. The van der Waals surface area contributed by atoms with Crippen LogP contribution in [0.1, 0.15) is 29.8 Å². The van der Waals surface area contributed by atoms with Gasteiger partial charge in [-0.25, -0.2) is 4.98 Å². The number of aliphatic hydroxyl groups excluding tert-OH is 1. The molecule has 3 aromatic rings. The van der Waals surface area contributed by atoms with Crippen LogP contribution in [0.15, 0.2) is 30.3 Å². The number of aliphatic hydroxyl groups is 1. The largest absolute Gasteiger partial charge is 0.388 e. The zero-order valence-electron chi connectivity index (χ0n) is 16.4. The molecular formula is C21H24N6O. The molecule has 7 nitrogen and oxygen atoms in total. The summed E-state index contributed by atoms with van der Waals surface area (Å²) in [6, 6.07) is 12.4. The van der Waals surface area contributed by atoms with Crippen LogP contribution in [0.3, 0.4) is 0 Å². The molecular weight excluding hydrogens is 352 g/mol. The molecule has 1 aliphatic rings. The van der Waals surface area contributed by atoms with Gasteiger partial charge in [-0.1, -0.05) is 30.3 Å². The third-order valence-electron chi connectivity index (χ3n) is 5.45. The molecule has 1 saturated heterocycles. The molecule has 1 N–H and O–H groups in total. The highest BCUT2D eigenvalue weighted by Gasteiger charge is 2.33. The van der Waals surface area contributed by atoms with Gasteiger partial charge in [-0.3, -0.25) is 4.90 Å². The maximum Gasteiger partial charge on any atom is 0.177 e. The summed E-state index contributed by atoms with van der Waals surface area (Å²) in [5, 5.41) is 24.0. The number of hydrogen-bond donors (Lipinski definition) is 1. The lowest BCUT2D eigenvalue weighted by Gasteiger charge is -2.33. The van der Waals surface area contributed by atoms with E-state index in [1.54, 1.807) is 4.52 Å². The van der Waals surface area contributed by atoms with Crippen molar-refractivity contribution in [3.8, 4) is 17.2 Å². The molecule has 2 aromatic heterocycles. The smallest absolute Gasteiger partial charge is 0.177 e. The van der Waals surface area contributed by atoms with Gasteiger partial charge in [0.05, 0.1) is 6.17 Å². The number of fused-ring (bicyclic) bond motifs is 1. The molecule has 7 heteroatoms. The molecule has 28 heavy (non-hydrogen) atoms. The molecule has 0 radical (unpaired) electrons. The first-order valence-corrected chi connectivity index (χ1v) is 9.48. The minimum absolute atomic E-state index is 0.236. The van der Waals surface area contributed by atoms with Crippen LogP contribution in [0.2, 0.25) is 0 Å². The van der Waals surface area contributed by atoms with Crippen LogP contribution in [0.5, 0.6) is 0 Å². The Kier molecular flexibility index (Phi) is 4.75. The number of anilines is 1. The van der Waals surface area contributed by atoms with Crippen LogP contribution >= 0.6 is 0 Å². The predicted octanol–water partition coefficient (Wildman–Crippen LogP) is 2.56. The maximum atomic E-state index is 9.85. The van der Waals surface area contributed by atoms with E-state index in [9.17, 15) is 10.4 Å². The second-order valence-corrected chi connectivity index (χ2v) is 7.38. The van der Waals surface area contributed by atoms with Gasteiger partial charge < -0.3 is 10.0 Å². The number of nitriles is 1. The van der Waals surface area contributed by atoms with E-state index in [1.807, 2.05) is 25.1 Å². The van der Waals surface area contributed by atoms with Crippen LogP contribution in [-0.4, -0.2) is 51.4 Å². The second kappa shape index (κ2) is 7.23. The number of hydrogen-bond acceptors (Lipinski definition) is 6. The van der Waals surface area contributed by atoms with Gasteiger partial charge >= 0.3 is 0 Å². The Morgan fingerprint density at radius 1 is 1.29 bits per heavy atom. The fourth-order valence-corrected chi connectivity index (χ4v) is 4.18. The van der Waals surface area contributed by atoms with Gasteiger partial charge in [0.2, 0.25) is 0 Å². The van der Waals surface area contributed by atoms with E-state index in [4.69, 9.17) is 0 Å². The minimum atomic E-state index is -0.261. The zero-order chi connectivity index (χ0) is 19.8. The SMILES string of the molecule is Cc1c(-c2ccccc2)c(N2CCCC2N(C)C)n2nc(CO)nc2c1C#N. The van der Waals surface area contributed by atoms with Gasteiger partial charge in [-0.05, 0) is 45.0 Å². The summed E-state index contributed by atoms with van der Waals surface area (Å²) in [7, 11) is 4.17. The Labute approximate surface area is 164 Å². The van der Waals surface area contributed by atoms with E-state index in [2.05, 4.69) is 52.2 Å². The van der Waals surface area contributed by atoms with Crippen LogP contribution < -0.4 is 4.90 Å². The van der Waals surface area contributed by atoms with Crippen LogP contribution in [0.4, 0.5) is 5.82 Å². The number of nitrogens with zero attached hydrogens (tertiary/aromatic N) is 6. The summed E-state index contributed by atoms with van der Waals surface area (Å²) in [5.74, 6) is 1.25. The van der Waals surface area contributed by atoms with Gasteiger partial charge in [0.25, 0.3) is 0 Å². The molecule has 1 aromatic carbocycles. The van der Waals surface area contributed by atoms with E-state index >= 15 is 0 Å². The van der Waals surface area contributed by atoms with E-state index in [0.717, 1.165) is 41.9 Å². The van der Waals surface area contributed by atoms with Crippen LogP contribution in [-0.2, 0) is 6.61 Å². The number of rotatable bonds is 4. The highest BCUT2D eigenvalue weighted by Crippen LogP contribution is 2.40. The summed E-state index contributed by atoms with van der Waals surface area (Å²) >= 11 is 0. The number of pyridine rings is 1. The Morgan fingerprint density at radius 3 is 2.68 bits per heavy atom. The molecule has 0 bridgehead atoms. The van der Waals surface area contributed by atoms with Crippen molar-refractivity contribution >= 4 is 11.5 Å². The zero-order valence-corrected chi connectivity index (χ0v) is 16.4. The highest BCUT2D eigenvalue weighted by atomic mass is 16.3. The van der Waals surface area contributed by atoms with Crippen molar-refractivity contribution in [3.63, 3.8) is 0 Å². The van der Waals surface area contributed by atoms with Crippen LogP contribution in [0, 0.1) is 18.3 Å². The minimum Gasteiger partial charge on any atom is -0.388 e. The monoisotopic (exact) mass is 376 g/mol. The van der Waals surface area contributed by atoms with Gasteiger partial charge in [0.1, 0.15) is 24.1 Å². The standard InChI is InChI=1S/C21H24N6O/c1-14-16(12-22)20-23-17(13-28)24-27(20)21(19(14)15-8-5-4-6-9-15)26-11-7-10-18(26)25(2)3/h4-6,8-9,18,28H,7,10-11,13H2,1-3H3. The van der Waals surface area contributed by atoms with Crippen molar-refractivity contribution in [3.05, 3.63) is 47.3 Å². The molecule has 1 unspecified atom stereocenters. The molecule has 1 aliphatic heterocycles. The summed E-state index contributed by atoms with van der Waals surface area (Å²) < 4.78 is 1.75. The maximum absolute atomic E-state index is 9.85. The third-order valence-corrected chi connectivity index (χ3v) is 5.45. The molecule has 0 amide bonds. The average Bonchev–Trinajstić information content (AvgIpc) is 3.35.